The zero-order valence-corrected chi connectivity index (χ0v) is 18.9. The molecule has 3 aromatic carbocycles. The average Bonchev–Trinajstić information content (AvgIpc) is 3.24. The third-order valence-electron chi connectivity index (χ3n) is 5.58. The molecule has 0 aliphatic heterocycles. The fourth-order valence-electron chi connectivity index (χ4n) is 3.76. The molecule has 4 nitrogen and oxygen atoms in total. The van der Waals surface area contributed by atoms with Gasteiger partial charge in [0.05, 0.1) is 13.0 Å². The Balaban J connectivity index is 1.57. The monoisotopic (exact) mass is 430 g/mol. The Labute approximate surface area is 188 Å². The molecule has 0 aliphatic rings. The minimum atomic E-state index is 0.199. The van der Waals surface area contributed by atoms with Gasteiger partial charge in [0.2, 0.25) is 0 Å². The van der Waals surface area contributed by atoms with Crippen LogP contribution >= 0.6 is 11.3 Å². The molecule has 158 valence electrons. The topological polar surface area (TPSA) is 52.6 Å². The number of benzene rings is 3. The highest BCUT2D eigenvalue weighted by molar-refractivity contribution is 7.13. The SMILES string of the molecule is COc1ccc([C@H](Cc2ccc(-c3ccc(N(C)C)cc3)cc2)c2csc(N)[nH+]2)cc1. The second-order valence-corrected chi connectivity index (χ2v) is 8.76. The van der Waals surface area contributed by atoms with Crippen molar-refractivity contribution >= 4 is 22.2 Å². The fourth-order valence-corrected chi connectivity index (χ4v) is 4.42. The van der Waals surface area contributed by atoms with Crippen LogP contribution in [0.3, 0.4) is 0 Å². The van der Waals surface area contributed by atoms with Crippen LogP contribution in [0, 0.1) is 0 Å². The highest BCUT2D eigenvalue weighted by atomic mass is 32.1. The van der Waals surface area contributed by atoms with Crippen molar-refractivity contribution in [3.8, 4) is 16.9 Å². The molecule has 4 aromatic rings. The maximum absolute atomic E-state index is 5.99. The molecule has 0 amide bonds. The van der Waals surface area contributed by atoms with Crippen LogP contribution in [-0.2, 0) is 6.42 Å². The average molecular weight is 431 g/mol. The molecule has 0 bridgehead atoms. The van der Waals surface area contributed by atoms with E-state index in [4.69, 9.17) is 10.5 Å². The highest BCUT2D eigenvalue weighted by Gasteiger charge is 2.20. The lowest BCUT2D eigenvalue weighted by molar-refractivity contribution is -0.368. The van der Waals surface area contributed by atoms with Gasteiger partial charge in [0, 0.05) is 25.2 Å². The van der Waals surface area contributed by atoms with Gasteiger partial charge in [-0.25, -0.2) is 4.98 Å². The summed E-state index contributed by atoms with van der Waals surface area (Å²) >= 11 is 1.54. The molecule has 0 aliphatic carbocycles. The second kappa shape index (κ2) is 9.23. The number of nitrogens with zero attached hydrogens (tertiary/aromatic N) is 1. The number of rotatable bonds is 7. The number of H-pyrrole nitrogens is 1. The van der Waals surface area contributed by atoms with Gasteiger partial charge in [0.15, 0.2) is 0 Å². The van der Waals surface area contributed by atoms with Gasteiger partial charge >= 0.3 is 5.13 Å². The van der Waals surface area contributed by atoms with E-state index >= 15 is 0 Å². The number of aromatic amines is 1. The fraction of sp³-hybridized carbons (Fsp3) is 0.192. The van der Waals surface area contributed by atoms with Crippen molar-refractivity contribution in [1.82, 2.24) is 0 Å². The van der Waals surface area contributed by atoms with Crippen LogP contribution in [0.15, 0.2) is 78.2 Å². The number of aromatic nitrogens is 1. The maximum atomic E-state index is 5.99. The van der Waals surface area contributed by atoms with E-state index in [9.17, 15) is 0 Å². The largest absolute Gasteiger partial charge is 0.497 e. The Hall–Kier alpha value is -3.31. The minimum absolute atomic E-state index is 0.199. The van der Waals surface area contributed by atoms with E-state index < -0.39 is 0 Å². The predicted octanol–water partition coefficient (Wildman–Crippen LogP) is 5.26. The van der Waals surface area contributed by atoms with Crippen LogP contribution in [0.2, 0.25) is 0 Å². The van der Waals surface area contributed by atoms with Gasteiger partial charge in [-0.1, -0.05) is 59.9 Å². The van der Waals surface area contributed by atoms with Gasteiger partial charge in [0.25, 0.3) is 0 Å². The molecule has 31 heavy (non-hydrogen) atoms. The molecule has 0 spiro atoms. The summed E-state index contributed by atoms with van der Waals surface area (Å²) in [6.07, 6.45) is 0.888. The number of nitrogen functional groups attached to an aromatic ring is 1. The van der Waals surface area contributed by atoms with E-state index in [2.05, 4.69) is 90.0 Å². The standard InChI is InChI=1S/C26H27N3OS/c1-29(2)22-12-8-20(9-13-22)19-6-4-18(5-7-19)16-24(25-17-31-26(27)28-25)21-10-14-23(30-3)15-11-21/h4-15,17,24H,16H2,1-3H3,(H2,27,28)/p+1/t24-/m0/s1. The lowest BCUT2D eigenvalue weighted by Gasteiger charge is -2.16. The van der Waals surface area contributed by atoms with Crippen LogP contribution in [-0.4, -0.2) is 21.2 Å². The molecular weight excluding hydrogens is 402 g/mol. The number of ether oxygens (including phenoxy) is 1. The normalized spacial score (nSPS) is 11.8. The van der Waals surface area contributed by atoms with Crippen molar-refractivity contribution in [3.63, 3.8) is 0 Å². The molecule has 0 radical (unpaired) electrons. The molecule has 0 unspecified atom stereocenters. The van der Waals surface area contributed by atoms with Gasteiger partial charge in [-0.15, -0.1) is 0 Å². The summed E-state index contributed by atoms with van der Waals surface area (Å²) < 4.78 is 5.32. The van der Waals surface area contributed by atoms with Gasteiger partial charge in [0.1, 0.15) is 11.4 Å². The van der Waals surface area contributed by atoms with Crippen molar-refractivity contribution in [3.05, 3.63) is 95.0 Å². The van der Waals surface area contributed by atoms with Crippen molar-refractivity contribution in [2.75, 3.05) is 31.8 Å². The number of hydrogen-bond donors (Lipinski definition) is 1. The molecule has 0 saturated carbocycles. The first-order valence-electron chi connectivity index (χ1n) is 10.3. The smallest absolute Gasteiger partial charge is 0.329 e. The summed E-state index contributed by atoms with van der Waals surface area (Å²) in [6.45, 7) is 0. The third kappa shape index (κ3) is 4.89. The molecule has 5 heteroatoms. The molecule has 3 N–H and O–H groups in total. The molecule has 4 rings (SSSR count). The Morgan fingerprint density at radius 3 is 2.03 bits per heavy atom. The number of methoxy groups -OCH3 is 1. The van der Waals surface area contributed by atoms with E-state index in [-0.39, 0.29) is 5.92 Å². The Morgan fingerprint density at radius 2 is 1.52 bits per heavy atom. The lowest BCUT2D eigenvalue weighted by Crippen LogP contribution is -2.17. The Morgan fingerprint density at radius 1 is 0.903 bits per heavy atom. The number of anilines is 2. The zero-order chi connectivity index (χ0) is 21.8. The first kappa shape index (κ1) is 20.9. The number of nitrogens with one attached hydrogen (secondary N) is 1. The summed E-state index contributed by atoms with van der Waals surface area (Å²) in [5.74, 6) is 1.06. The van der Waals surface area contributed by atoms with E-state index in [0.29, 0.717) is 0 Å². The Bertz CT molecular complexity index is 1120. The summed E-state index contributed by atoms with van der Waals surface area (Å²) in [5.41, 5.74) is 13.3. The maximum Gasteiger partial charge on any atom is 0.329 e. The molecule has 0 fully saturated rings. The third-order valence-corrected chi connectivity index (χ3v) is 6.31. The van der Waals surface area contributed by atoms with Crippen LogP contribution < -0.4 is 20.4 Å². The quantitative estimate of drug-likeness (QED) is 0.435. The number of nitrogens with two attached hydrogens (primary N) is 1. The summed E-state index contributed by atoms with van der Waals surface area (Å²) in [5, 5.41) is 2.84. The van der Waals surface area contributed by atoms with Gasteiger partial charge in [-0.2, -0.15) is 0 Å². The molecule has 1 atom stereocenters. The molecule has 1 heterocycles. The van der Waals surface area contributed by atoms with Gasteiger partial charge < -0.3 is 9.64 Å². The number of thiazole rings is 1. The van der Waals surface area contributed by atoms with Crippen molar-refractivity contribution in [2.45, 2.75) is 12.3 Å². The van der Waals surface area contributed by atoms with Crippen molar-refractivity contribution < 1.29 is 9.72 Å². The van der Waals surface area contributed by atoms with E-state index in [1.807, 2.05) is 12.1 Å². The summed E-state index contributed by atoms with van der Waals surface area (Å²) in [4.78, 5) is 5.45. The van der Waals surface area contributed by atoms with Crippen LogP contribution in [0.5, 0.6) is 5.75 Å². The Kier molecular flexibility index (Phi) is 6.23. The van der Waals surface area contributed by atoms with Crippen LogP contribution in [0.4, 0.5) is 10.8 Å². The molecule has 1 aromatic heterocycles. The van der Waals surface area contributed by atoms with Crippen LogP contribution in [0.25, 0.3) is 11.1 Å². The first-order valence-corrected chi connectivity index (χ1v) is 11.2. The lowest BCUT2D eigenvalue weighted by atomic mass is 9.89. The van der Waals surface area contributed by atoms with Crippen LogP contribution in [0.1, 0.15) is 22.7 Å². The molecular formula is C26H28N3OS+. The van der Waals surface area contributed by atoms with Gasteiger partial charge in [-0.05, 0) is 52.9 Å². The predicted molar refractivity (Wildman–Crippen MR) is 130 cm³/mol. The van der Waals surface area contributed by atoms with E-state index in [0.717, 1.165) is 23.0 Å². The van der Waals surface area contributed by atoms with E-state index in [1.54, 1.807) is 18.4 Å². The zero-order valence-electron chi connectivity index (χ0n) is 18.1. The van der Waals surface area contributed by atoms with Gasteiger partial charge in [-0.3, -0.25) is 5.73 Å². The number of hydrogen-bond acceptors (Lipinski definition) is 4. The minimum Gasteiger partial charge on any atom is -0.497 e. The molecule has 0 saturated heterocycles. The summed E-state index contributed by atoms with van der Waals surface area (Å²) in [7, 11) is 5.80. The highest BCUT2D eigenvalue weighted by Crippen LogP contribution is 2.30. The second-order valence-electron chi connectivity index (χ2n) is 7.85. The van der Waals surface area contributed by atoms with Crippen molar-refractivity contribution in [1.29, 1.82) is 0 Å². The van der Waals surface area contributed by atoms with Crippen molar-refractivity contribution in [2.24, 2.45) is 0 Å². The first-order chi connectivity index (χ1) is 15.0. The summed E-state index contributed by atoms with van der Waals surface area (Å²) in [6, 6.07) is 25.8. The van der Waals surface area contributed by atoms with E-state index in [1.165, 1.54) is 27.9 Å².